The summed E-state index contributed by atoms with van der Waals surface area (Å²) in [6, 6.07) is 19.4. The highest BCUT2D eigenvalue weighted by Gasteiger charge is 2.33. The number of amides is 2. The van der Waals surface area contributed by atoms with Crippen LogP contribution in [0.25, 0.3) is 0 Å². The average Bonchev–Trinajstić information content (AvgIpc) is 2.86. The molecule has 0 heterocycles. The number of anilines is 1. The molecule has 35 heavy (non-hydrogen) atoms. The van der Waals surface area contributed by atoms with Crippen molar-refractivity contribution in [3.05, 3.63) is 95.8 Å². The van der Waals surface area contributed by atoms with Crippen molar-refractivity contribution in [1.82, 2.24) is 10.2 Å². The van der Waals surface area contributed by atoms with Crippen molar-refractivity contribution < 1.29 is 22.4 Å². The van der Waals surface area contributed by atoms with Gasteiger partial charge < -0.3 is 10.2 Å². The molecule has 9 heteroatoms. The molecule has 0 aliphatic heterocycles. The molecular weight excluding hydrogens is 469 g/mol. The van der Waals surface area contributed by atoms with Crippen molar-refractivity contribution in [3.8, 4) is 0 Å². The fourth-order valence-electron chi connectivity index (χ4n) is 3.57. The van der Waals surface area contributed by atoms with Gasteiger partial charge in [-0.25, -0.2) is 12.8 Å². The lowest BCUT2D eigenvalue weighted by atomic mass is 10.1. The third-order valence-electron chi connectivity index (χ3n) is 5.62. The molecule has 1 atom stereocenters. The summed E-state index contributed by atoms with van der Waals surface area (Å²) in [5.74, 6) is -1.84. The second-order valence-corrected chi connectivity index (χ2v) is 9.94. The highest BCUT2D eigenvalue weighted by atomic mass is 32.2. The Kier molecular flexibility index (Phi) is 8.24. The fraction of sp³-hybridized carbons (Fsp3) is 0.231. The first kappa shape index (κ1) is 25.9. The van der Waals surface area contributed by atoms with E-state index in [-0.39, 0.29) is 17.1 Å². The van der Waals surface area contributed by atoms with Crippen LogP contribution in [0.1, 0.15) is 18.1 Å². The van der Waals surface area contributed by atoms with Gasteiger partial charge in [-0.3, -0.25) is 13.9 Å². The minimum absolute atomic E-state index is 0.0736. The molecule has 0 spiro atoms. The number of hydrogen-bond acceptors (Lipinski definition) is 4. The summed E-state index contributed by atoms with van der Waals surface area (Å²) < 4.78 is 42.5. The van der Waals surface area contributed by atoms with Crippen molar-refractivity contribution in [2.24, 2.45) is 0 Å². The van der Waals surface area contributed by atoms with E-state index in [0.717, 1.165) is 21.5 Å². The third kappa shape index (κ3) is 6.05. The molecule has 0 fully saturated rings. The van der Waals surface area contributed by atoms with Gasteiger partial charge in [-0.05, 0) is 43.7 Å². The number of rotatable bonds is 9. The van der Waals surface area contributed by atoms with Gasteiger partial charge in [0.2, 0.25) is 11.8 Å². The number of halogens is 1. The SMILES string of the molecule is CNC(=O)[C@H](C)N(Cc1ccc(C)cc1)C(=O)CN(c1ccccc1F)S(=O)(=O)c1ccccc1. The number of sulfonamides is 1. The van der Waals surface area contributed by atoms with Crippen LogP contribution in [0.3, 0.4) is 0 Å². The van der Waals surface area contributed by atoms with Crippen LogP contribution in [-0.4, -0.2) is 44.8 Å². The average molecular weight is 498 g/mol. The molecule has 3 aromatic rings. The first-order chi connectivity index (χ1) is 16.6. The Morgan fingerprint density at radius 3 is 2.14 bits per heavy atom. The standard InChI is InChI=1S/C26H28FN3O4S/c1-19-13-15-21(16-14-19)17-29(20(2)26(32)28-3)25(31)18-30(24-12-8-7-11-23(24)27)35(33,34)22-9-5-4-6-10-22/h4-16,20H,17-18H2,1-3H3,(H,28,32)/t20-/m0/s1. The van der Waals surface area contributed by atoms with Crippen molar-refractivity contribution >= 4 is 27.5 Å². The molecule has 0 bridgehead atoms. The highest BCUT2D eigenvalue weighted by molar-refractivity contribution is 7.92. The number of likely N-dealkylation sites (N-methyl/N-ethyl adjacent to an activating group) is 1. The molecule has 2 amide bonds. The van der Waals surface area contributed by atoms with E-state index in [2.05, 4.69) is 5.32 Å². The predicted octanol–water partition coefficient (Wildman–Crippen LogP) is 3.49. The lowest BCUT2D eigenvalue weighted by Crippen LogP contribution is -2.50. The van der Waals surface area contributed by atoms with Crippen LogP contribution < -0.4 is 9.62 Å². The molecule has 0 aliphatic carbocycles. The van der Waals surface area contributed by atoms with Gasteiger partial charge in [-0.2, -0.15) is 0 Å². The van der Waals surface area contributed by atoms with Crippen molar-refractivity contribution in [2.45, 2.75) is 31.3 Å². The Balaban J connectivity index is 2.03. The van der Waals surface area contributed by atoms with Gasteiger partial charge >= 0.3 is 0 Å². The zero-order chi connectivity index (χ0) is 25.6. The van der Waals surface area contributed by atoms with Gasteiger partial charge in [0.25, 0.3) is 10.0 Å². The van der Waals surface area contributed by atoms with Crippen LogP contribution in [0.5, 0.6) is 0 Å². The Morgan fingerprint density at radius 2 is 1.54 bits per heavy atom. The second-order valence-electron chi connectivity index (χ2n) is 8.07. The molecule has 0 unspecified atom stereocenters. The quantitative estimate of drug-likeness (QED) is 0.490. The highest BCUT2D eigenvalue weighted by Crippen LogP contribution is 2.26. The first-order valence-corrected chi connectivity index (χ1v) is 12.5. The fourth-order valence-corrected chi connectivity index (χ4v) is 5.01. The maximum absolute atomic E-state index is 14.8. The minimum Gasteiger partial charge on any atom is -0.357 e. The molecule has 3 aromatic carbocycles. The second kappa shape index (κ2) is 11.1. The van der Waals surface area contributed by atoms with E-state index in [4.69, 9.17) is 0 Å². The maximum Gasteiger partial charge on any atom is 0.264 e. The number of carbonyl (C=O) groups excluding carboxylic acids is 2. The van der Waals surface area contributed by atoms with Crippen LogP contribution in [0.15, 0.2) is 83.8 Å². The topological polar surface area (TPSA) is 86.8 Å². The predicted molar refractivity (Wildman–Crippen MR) is 133 cm³/mol. The molecule has 184 valence electrons. The monoisotopic (exact) mass is 497 g/mol. The normalized spacial score (nSPS) is 12.0. The number of benzene rings is 3. The zero-order valence-corrected chi connectivity index (χ0v) is 20.6. The minimum atomic E-state index is -4.29. The van der Waals surface area contributed by atoms with E-state index in [1.54, 1.807) is 25.1 Å². The first-order valence-electron chi connectivity index (χ1n) is 11.0. The van der Waals surface area contributed by atoms with Crippen LogP contribution in [0.2, 0.25) is 0 Å². The molecule has 0 aliphatic rings. The van der Waals surface area contributed by atoms with Gasteiger partial charge in [0.1, 0.15) is 18.4 Å². The van der Waals surface area contributed by atoms with Crippen LogP contribution in [-0.2, 0) is 26.2 Å². The molecular formula is C26H28FN3O4S. The van der Waals surface area contributed by atoms with Crippen molar-refractivity contribution in [1.29, 1.82) is 0 Å². The van der Waals surface area contributed by atoms with Gasteiger partial charge in [0.05, 0.1) is 10.6 Å². The molecule has 0 radical (unpaired) electrons. The molecule has 0 saturated carbocycles. The number of nitrogens with one attached hydrogen (secondary N) is 1. The summed E-state index contributed by atoms with van der Waals surface area (Å²) in [7, 11) is -2.83. The molecule has 3 rings (SSSR count). The number of carbonyl (C=O) groups is 2. The molecule has 0 saturated heterocycles. The third-order valence-corrected chi connectivity index (χ3v) is 7.39. The lowest BCUT2D eigenvalue weighted by molar-refractivity contribution is -0.139. The summed E-state index contributed by atoms with van der Waals surface area (Å²) in [5.41, 5.74) is 1.54. The van der Waals surface area contributed by atoms with E-state index >= 15 is 0 Å². The van der Waals surface area contributed by atoms with E-state index in [9.17, 15) is 22.4 Å². The number of nitrogens with zero attached hydrogens (tertiary/aromatic N) is 2. The Labute approximate surface area is 205 Å². The van der Waals surface area contributed by atoms with Gasteiger partial charge in [0, 0.05) is 13.6 Å². The van der Waals surface area contributed by atoms with E-state index < -0.39 is 40.2 Å². The Morgan fingerprint density at radius 1 is 0.943 bits per heavy atom. The van der Waals surface area contributed by atoms with E-state index in [1.807, 2.05) is 31.2 Å². The Bertz CT molecular complexity index is 1280. The summed E-state index contributed by atoms with van der Waals surface area (Å²) >= 11 is 0. The molecule has 7 nitrogen and oxygen atoms in total. The van der Waals surface area contributed by atoms with Crippen LogP contribution in [0.4, 0.5) is 10.1 Å². The summed E-state index contributed by atoms with van der Waals surface area (Å²) in [5, 5.41) is 2.52. The van der Waals surface area contributed by atoms with Crippen LogP contribution in [0, 0.1) is 12.7 Å². The summed E-state index contributed by atoms with van der Waals surface area (Å²) in [6.45, 7) is 2.88. The number of hydrogen-bond donors (Lipinski definition) is 1. The molecule has 1 N–H and O–H groups in total. The summed E-state index contributed by atoms with van der Waals surface area (Å²) in [4.78, 5) is 27.2. The van der Waals surface area contributed by atoms with Crippen molar-refractivity contribution in [3.63, 3.8) is 0 Å². The zero-order valence-electron chi connectivity index (χ0n) is 19.8. The largest absolute Gasteiger partial charge is 0.357 e. The number of para-hydroxylation sites is 1. The van der Waals surface area contributed by atoms with Gasteiger partial charge in [-0.1, -0.05) is 60.2 Å². The Hall–Kier alpha value is -3.72. The van der Waals surface area contributed by atoms with Gasteiger partial charge in [-0.15, -0.1) is 0 Å². The smallest absolute Gasteiger partial charge is 0.264 e. The molecule has 0 aromatic heterocycles. The number of aryl methyl sites for hydroxylation is 1. The van der Waals surface area contributed by atoms with Crippen LogP contribution >= 0.6 is 0 Å². The van der Waals surface area contributed by atoms with E-state index in [1.165, 1.54) is 42.3 Å². The summed E-state index contributed by atoms with van der Waals surface area (Å²) in [6.07, 6.45) is 0. The van der Waals surface area contributed by atoms with E-state index in [0.29, 0.717) is 0 Å². The van der Waals surface area contributed by atoms with Crippen molar-refractivity contribution in [2.75, 3.05) is 17.9 Å². The lowest BCUT2D eigenvalue weighted by Gasteiger charge is -2.31. The maximum atomic E-state index is 14.8. The van der Waals surface area contributed by atoms with Gasteiger partial charge in [0.15, 0.2) is 0 Å².